The summed E-state index contributed by atoms with van der Waals surface area (Å²) in [5.41, 5.74) is 3.48. The van der Waals surface area contributed by atoms with Gasteiger partial charge in [0, 0.05) is 35.2 Å². The number of fused-ring (bicyclic) bond motifs is 3. The van der Waals surface area contributed by atoms with Crippen molar-refractivity contribution < 1.29 is 13.6 Å². The molecule has 0 atom stereocenters. The van der Waals surface area contributed by atoms with Gasteiger partial charge in [0.05, 0.1) is 0 Å². The number of hydrogen-bond donors (Lipinski definition) is 0. The SMILES string of the molecule is C1=[N+](c2ccccc2)C=C[N+]=1c1cccc2c1oc1ncccc12. The maximum absolute atomic E-state index is 5.99. The fourth-order valence-electron chi connectivity index (χ4n) is 2.99. The molecular formula is C20H13N3O+2. The summed E-state index contributed by atoms with van der Waals surface area (Å²) in [7, 11) is 0. The Labute approximate surface area is 137 Å². The molecule has 0 radical (unpaired) electrons. The highest BCUT2D eigenvalue weighted by molar-refractivity contribution is 6.06. The largest absolute Gasteiger partial charge is 0.502 e. The number of para-hydroxylation sites is 2. The Hall–Kier alpha value is -3.49. The molecule has 24 heavy (non-hydrogen) atoms. The van der Waals surface area contributed by atoms with Crippen molar-refractivity contribution in [2.45, 2.75) is 0 Å². The highest BCUT2D eigenvalue weighted by atomic mass is 16.3. The highest BCUT2D eigenvalue weighted by Crippen LogP contribution is 2.33. The quantitative estimate of drug-likeness (QED) is 0.506. The van der Waals surface area contributed by atoms with Crippen LogP contribution in [0.15, 0.2) is 83.7 Å². The van der Waals surface area contributed by atoms with Crippen molar-refractivity contribution in [2.75, 3.05) is 0 Å². The number of nitrogens with zero attached hydrogens (tertiary/aromatic N) is 3. The maximum atomic E-state index is 5.99. The molecule has 0 unspecified atom stereocenters. The molecule has 0 saturated carbocycles. The van der Waals surface area contributed by atoms with Gasteiger partial charge in [-0.05, 0) is 18.2 Å². The summed E-state index contributed by atoms with van der Waals surface area (Å²) in [5.74, 6) is 0. The lowest BCUT2D eigenvalue weighted by atomic mass is 10.2. The second-order valence-electron chi connectivity index (χ2n) is 5.59. The Bertz CT molecular complexity index is 1180. The first kappa shape index (κ1) is 13.0. The molecule has 0 spiro atoms. The van der Waals surface area contributed by atoms with Crippen LogP contribution in [0.2, 0.25) is 0 Å². The van der Waals surface area contributed by atoms with Gasteiger partial charge in [0.1, 0.15) is 0 Å². The Morgan fingerprint density at radius 2 is 1.62 bits per heavy atom. The standard InChI is InChI=1S/C20H13N3O/c1-2-6-15(7-3-1)22-12-13-23(14-22)18-10-4-8-16-17-9-5-11-21-20(17)24-19(16)18/h1-13H/q+2. The van der Waals surface area contributed by atoms with E-state index in [0.29, 0.717) is 5.71 Å². The fourth-order valence-corrected chi connectivity index (χ4v) is 2.99. The number of rotatable bonds is 2. The molecule has 4 aromatic rings. The van der Waals surface area contributed by atoms with Crippen molar-refractivity contribution >= 4 is 39.5 Å². The highest BCUT2D eigenvalue weighted by Gasteiger charge is 2.25. The van der Waals surface area contributed by atoms with E-state index in [4.69, 9.17) is 4.42 Å². The summed E-state index contributed by atoms with van der Waals surface area (Å²) >= 11 is 0. The van der Waals surface area contributed by atoms with Crippen LogP contribution < -0.4 is 0 Å². The predicted octanol–water partition coefficient (Wildman–Crippen LogP) is 4.63. The Kier molecular flexibility index (Phi) is 2.72. The first-order valence-corrected chi connectivity index (χ1v) is 7.74. The first-order chi connectivity index (χ1) is 11.9. The van der Waals surface area contributed by atoms with E-state index < -0.39 is 0 Å². The second-order valence-corrected chi connectivity index (χ2v) is 5.59. The van der Waals surface area contributed by atoms with Gasteiger partial charge in [-0.3, -0.25) is 0 Å². The lowest BCUT2D eigenvalue weighted by Gasteiger charge is -1.90. The van der Waals surface area contributed by atoms with E-state index in [-0.39, 0.29) is 0 Å². The minimum Gasteiger partial charge on any atom is -0.431 e. The van der Waals surface area contributed by atoms with Gasteiger partial charge in [-0.25, -0.2) is 4.98 Å². The molecule has 1 aliphatic rings. The van der Waals surface area contributed by atoms with E-state index in [1.807, 2.05) is 76.1 Å². The smallest absolute Gasteiger partial charge is 0.431 e. The van der Waals surface area contributed by atoms with Crippen molar-refractivity contribution in [2.24, 2.45) is 0 Å². The van der Waals surface area contributed by atoms with Crippen LogP contribution in [-0.2, 0) is 0 Å². The van der Waals surface area contributed by atoms with Gasteiger partial charge in [0.25, 0.3) is 18.1 Å². The number of benzene rings is 2. The second kappa shape index (κ2) is 5.01. The summed E-state index contributed by atoms with van der Waals surface area (Å²) in [6.45, 7) is 0. The molecule has 0 N–H and O–H groups in total. The van der Waals surface area contributed by atoms with Crippen LogP contribution >= 0.6 is 0 Å². The minimum atomic E-state index is 0.656. The van der Waals surface area contributed by atoms with Gasteiger partial charge in [0.2, 0.25) is 17.0 Å². The molecule has 2 aromatic heterocycles. The van der Waals surface area contributed by atoms with Crippen molar-refractivity contribution in [3.05, 3.63) is 79.3 Å². The average molecular weight is 311 g/mol. The van der Waals surface area contributed by atoms with Crippen molar-refractivity contribution in [1.82, 2.24) is 4.98 Å². The fraction of sp³-hybridized carbons (Fsp3) is 0. The van der Waals surface area contributed by atoms with Crippen molar-refractivity contribution in [3.63, 3.8) is 0 Å². The van der Waals surface area contributed by atoms with Crippen LogP contribution in [0.1, 0.15) is 0 Å². The number of hydrogen-bond acceptors (Lipinski definition) is 2. The molecule has 4 nitrogen and oxygen atoms in total. The molecule has 4 heteroatoms. The van der Waals surface area contributed by atoms with Crippen LogP contribution in [0, 0.1) is 0 Å². The zero-order chi connectivity index (χ0) is 15.9. The predicted molar refractivity (Wildman–Crippen MR) is 91.9 cm³/mol. The minimum absolute atomic E-state index is 0.656. The van der Waals surface area contributed by atoms with E-state index in [0.717, 1.165) is 27.7 Å². The average Bonchev–Trinajstić information content (AvgIpc) is 3.27. The molecule has 112 valence electrons. The monoisotopic (exact) mass is 311 g/mol. The number of aromatic nitrogens is 1. The molecule has 0 aliphatic carbocycles. The Morgan fingerprint density at radius 3 is 2.54 bits per heavy atom. The summed E-state index contributed by atoms with van der Waals surface area (Å²) in [6, 6.07) is 23.5. The summed E-state index contributed by atoms with van der Waals surface area (Å²) in [5, 5.41) is 2.08. The van der Waals surface area contributed by atoms with Gasteiger partial charge < -0.3 is 4.42 Å². The van der Waals surface area contributed by atoms with Crippen molar-refractivity contribution in [1.29, 1.82) is 0 Å². The van der Waals surface area contributed by atoms with E-state index in [2.05, 4.69) is 17.1 Å². The maximum Gasteiger partial charge on any atom is 0.502 e. The van der Waals surface area contributed by atoms with Crippen LogP contribution in [-0.4, -0.2) is 20.1 Å². The summed E-state index contributed by atoms with van der Waals surface area (Å²) in [6.07, 6.45) is 5.70. The molecule has 3 heterocycles. The van der Waals surface area contributed by atoms with Crippen LogP contribution in [0.3, 0.4) is 0 Å². The lowest BCUT2D eigenvalue weighted by Crippen LogP contribution is -1.94. The Balaban J connectivity index is 1.76. The zero-order valence-electron chi connectivity index (χ0n) is 12.8. The van der Waals surface area contributed by atoms with E-state index in [1.54, 1.807) is 6.20 Å². The Morgan fingerprint density at radius 1 is 0.792 bits per heavy atom. The third kappa shape index (κ3) is 1.91. The number of furan rings is 1. The van der Waals surface area contributed by atoms with Gasteiger partial charge in [-0.15, -0.1) is 0 Å². The molecular weight excluding hydrogens is 298 g/mol. The molecule has 0 amide bonds. The van der Waals surface area contributed by atoms with Gasteiger partial charge in [0.15, 0.2) is 0 Å². The topological polar surface area (TPSA) is 32.0 Å². The molecule has 0 bridgehead atoms. The number of pyridine rings is 1. The molecule has 1 aliphatic heterocycles. The molecule has 0 fully saturated rings. The third-order valence-electron chi connectivity index (χ3n) is 4.13. The first-order valence-electron chi connectivity index (χ1n) is 7.74. The molecule has 0 saturated heterocycles. The van der Waals surface area contributed by atoms with Gasteiger partial charge >= 0.3 is 6.01 Å². The van der Waals surface area contributed by atoms with Gasteiger partial charge in [-0.2, -0.15) is 0 Å². The van der Waals surface area contributed by atoms with Crippen molar-refractivity contribution in [3.8, 4) is 0 Å². The normalized spacial score (nSPS) is 13.5. The van der Waals surface area contributed by atoms with E-state index in [1.165, 1.54) is 0 Å². The summed E-state index contributed by atoms with van der Waals surface area (Å²) in [4.78, 5) is 4.31. The van der Waals surface area contributed by atoms with E-state index in [9.17, 15) is 0 Å². The van der Waals surface area contributed by atoms with E-state index >= 15 is 0 Å². The third-order valence-corrected chi connectivity index (χ3v) is 4.13. The van der Waals surface area contributed by atoms with Crippen LogP contribution in [0.4, 0.5) is 11.4 Å². The van der Waals surface area contributed by atoms with Crippen LogP contribution in [0.25, 0.3) is 22.1 Å². The lowest BCUT2D eigenvalue weighted by molar-refractivity contribution is -0.386. The zero-order valence-corrected chi connectivity index (χ0v) is 12.8. The molecule has 5 rings (SSSR count). The van der Waals surface area contributed by atoms with Crippen LogP contribution in [0.5, 0.6) is 0 Å². The summed E-state index contributed by atoms with van der Waals surface area (Å²) < 4.78 is 9.89. The molecule has 2 aromatic carbocycles. The van der Waals surface area contributed by atoms with Gasteiger partial charge in [-0.1, -0.05) is 33.4 Å².